The van der Waals surface area contributed by atoms with E-state index in [-0.39, 0.29) is 0 Å². The Morgan fingerprint density at radius 2 is 2.00 bits per heavy atom. The molecule has 2 aliphatic carbocycles. The second kappa shape index (κ2) is 3.25. The van der Waals surface area contributed by atoms with Gasteiger partial charge in [-0.05, 0) is 38.6 Å². The number of nitrogens with zero attached hydrogens (tertiary/aromatic N) is 1. The highest BCUT2D eigenvalue weighted by molar-refractivity contribution is 5.03. The molecule has 76 valence electrons. The van der Waals surface area contributed by atoms with Crippen LogP contribution in [0, 0.1) is 5.92 Å². The molecule has 0 aromatic heterocycles. The molecule has 0 bridgehead atoms. The highest BCUT2D eigenvalue weighted by atomic mass is 15.2. The summed E-state index contributed by atoms with van der Waals surface area (Å²) in [6.07, 6.45) is 6.84. The van der Waals surface area contributed by atoms with Crippen molar-refractivity contribution in [2.24, 2.45) is 11.7 Å². The molecule has 2 saturated carbocycles. The van der Waals surface area contributed by atoms with Gasteiger partial charge in [0.2, 0.25) is 0 Å². The van der Waals surface area contributed by atoms with Crippen molar-refractivity contribution in [2.45, 2.75) is 50.6 Å². The first-order valence-electron chi connectivity index (χ1n) is 5.61. The van der Waals surface area contributed by atoms with Crippen LogP contribution in [0.15, 0.2) is 0 Å². The Balaban J connectivity index is 1.95. The van der Waals surface area contributed by atoms with E-state index >= 15 is 0 Å². The average Bonchev–Trinajstić information content (AvgIpc) is 1.94. The van der Waals surface area contributed by atoms with Crippen LogP contribution in [0.25, 0.3) is 0 Å². The lowest BCUT2D eigenvalue weighted by Crippen LogP contribution is -2.63. The standard InChI is InChI=1S/C11H22N2/c1-9-6-11(7-9,8-12)13(2)10-4-3-5-10/h9-10H,3-8,12H2,1-2H3. The minimum atomic E-state index is 0.379. The third-order valence-electron chi connectivity index (χ3n) is 4.21. The highest BCUT2D eigenvalue weighted by Gasteiger charge is 2.46. The van der Waals surface area contributed by atoms with Crippen LogP contribution in [0.5, 0.6) is 0 Å². The summed E-state index contributed by atoms with van der Waals surface area (Å²) in [7, 11) is 2.28. The lowest BCUT2D eigenvalue weighted by atomic mass is 9.67. The summed E-state index contributed by atoms with van der Waals surface area (Å²) in [6, 6.07) is 0.844. The third-order valence-corrected chi connectivity index (χ3v) is 4.21. The molecule has 2 rings (SSSR count). The van der Waals surface area contributed by atoms with Gasteiger partial charge in [0.25, 0.3) is 0 Å². The van der Waals surface area contributed by atoms with E-state index in [0.29, 0.717) is 5.54 Å². The van der Waals surface area contributed by atoms with Crippen LogP contribution in [0.2, 0.25) is 0 Å². The first-order valence-corrected chi connectivity index (χ1v) is 5.61. The van der Waals surface area contributed by atoms with Crippen LogP contribution in [-0.4, -0.2) is 30.1 Å². The molecule has 2 N–H and O–H groups in total. The van der Waals surface area contributed by atoms with Crippen LogP contribution in [-0.2, 0) is 0 Å². The minimum absolute atomic E-state index is 0.379. The van der Waals surface area contributed by atoms with Gasteiger partial charge in [-0.25, -0.2) is 0 Å². The topological polar surface area (TPSA) is 29.3 Å². The second-order valence-electron chi connectivity index (χ2n) is 5.14. The van der Waals surface area contributed by atoms with Crippen molar-refractivity contribution in [3.63, 3.8) is 0 Å². The van der Waals surface area contributed by atoms with Crippen LogP contribution in [0.1, 0.15) is 39.0 Å². The summed E-state index contributed by atoms with van der Waals surface area (Å²) < 4.78 is 0. The van der Waals surface area contributed by atoms with Crippen molar-refractivity contribution in [2.75, 3.05) is 13.6 Å². The van der Waals surface area contributed by atoms with E-state index in [0.717, 1.165) is 18.5 Å². The maximum Gasteiger partial charge on any atom is 0.0336 e. The van der Waals surface area contributed by atoms with Crippen LogP contribution >= 0.6 is 0 Å². The largest absolute Gasteiger partial charge is 0.329 e. The molecule has 0 spiro atoms. The molecule has 0 radical (unpaired) electrons. The van der Waals surface area contributed by atoms with Gasteiger partial charge >= 0.3 is 0 Å². The summed E-state index contributed by atoms with van der Waals surface area (Å²) in [6.45, 7) is 3.19. The van der Waals surface area contributed by atoms with Gasteiger partial charge in [-0.1, -0.05) is 13.3 Å². The Kier molecular flexibility index (Phi) is 2.37. The molecular weight excluding hydrogens is 160 g/mol. The van der Waals surface area contributed by atoms with E-state index in [1.807, 2.05) is 0 Å². The Hall–Kier alpha value is -0.0800. The number of nitrogens with two attached hydrogens (primary N) is 1. The summed E-state index contributed by atoms with van der Waals surface area (Å²) in [4.78, 5) is 2.58. The maximum absolute atomic E-state index is 5.91. The van der Waals surface area contributed by atoms with Crippen molar-refractivity contribution < 1.29 is 0 Å². The predicted octanol–water partition coefficient (Wildman–Crippen LogP) is 1.60. The third kappa shape index (κ3) is 1.40. The zero-order valence-corrected chi connectivity index (χ0v) is 8.92. The lowest BCUT2D eigenvalue weighted by Gasteiger charge is -2.56. The molecule has 13 heavy (non-hydrogen) atoms. The van der Waals surface area contributed by atoms with Crippen molar-refractivity contribution in [3.05, 3.63) is 0 Å². The van der Waals surface area contributed by atoms with E-state index in [1.54, 1.807) is 0 Å². The SMILES string of the molecule is CC1CC(CN)(N(C)C2CCC2)C1. The molecule has 0 aromatic carbocycles. The molecule has 0 heterocycles. The molecule has 2 nitrogen and oxygen atoms in total. The van der Waals surface area contributed by atoms with Gasteiger partial charge < -0.3 is 5.73 Å². The van der Waals surface area contributed by atoms with E-state index in [1.165, 1.54) is 32.1 Å². The fourth-order valence-corrected chi connectivity index (χ4v) is 3.00. The molecule has 2 heteroatoms. The fraction of sp³-hybridized carbons (Fsp3) is 1.00. The normalized spacial score (nSPS) is 40.2. The Morgan fingerprint density at radius 3 is 2.31 bits per heavy atom. The molecule has 2 fully saturated rings. The molecule has 0 aliphatic heterocycles. The fourth-order valence-electron chi connectivity index (χ4n) is 3.00. The Labute approximate surface area is 81.5 Å². The maximum atomic E-state index is 5.91. The average molecular weight is 182 g/mol. The number of rotatable bonds is 3. The quantitative estimate of drug-likeness (QED) is 0.718. The summed E-state index contributed by atoms with van der Waals surface area (Å²) in [5.41, 5.74) is 6.29. The molecule has 0 atom stereocenters. The van der Waals surface area contributed by atoms with Gasteiger partial charge in [0.05, 0.1) is 0 Å². The summed E-state index contributed by atoms with van der Waals surface area (Å²) in [5, 5.41) is 0. The first-order chi connectivity index (χ1) is 6.18. The highest BCUT2D eigenvalue weighted by Crippen LogP contribution is 2.44. The number of hydrogen-bond donors (Lipinski definition) is 1. The van der Waals surface area contributed by atoms with Crippen molar-refractivity contribution in [1.29, 1.82) is 0 Å². The van der Waals surface area contributed by atoms with Crippen LogP contribution in [0.4, 0.5) is 0 Å². The second-order valence-corrected chi connectivity index (χ2v) is 5.14. The number of hydrogen-bond acceptors (Lipinski definition) is 2. The van der Waals surface area contributed by atoms with Crippen LogP contribution < -0.4 is 5.73 Å². The van der Waals surface area contributed by atoms with Gasteiger partial charge in [0.15, 0.2) is 0 Å². The van der Waals surface area contributed by atoms with Crippen molar-refractivity contribution >= 4 is 0 Å². The Morgan fingerprint density at radius 1 is 1.38 bits per heavy atom. The first kappa shape index (κ1) is 9.47. The smallest absolute Gasteiger partial charge is 0.0336 e. The summed E-state index contributed by atoms with van der Waals surface area (Å²) >= 11 is 0. The molecular formula is C11H22N2. The summed E-state index contributed by atoms with van der Waals surface area (Å²) in [5.74, 6) is 0.895. The number of likely N-dealkylation sites (N-methyl/N-ethyl adjacent to an activating group) is 1. The minimum Gasteiger partial charge on any atom is -0.329 e. The van der Waals surface area contributed by atoms with Crippen LogP contribution in [0.3, 0.4) is 0 Å². The van der Waals surface area contributed by atoms with Crippen molar-refractivity contribution in [3.8, 4) is 0 Å². The molecule has 2 aliphatic rings. The van der Waals surface area contributed by atoms with Gasteiger partial charge in [-0.15, -0.1) is 0 Å². The van der Waals surface area contributed by atoms with E-state index in [2.05, 4.69) is 18.9 Å². The predicted molar refractivity (Wildman–Crippen MR) is 55.6 cm³/mol. The zero-order valence-electron chi connectivity index (χ0n) is 8.92. The van der Waals surface area contributed by atoms with Gasteiger partial charge in [0, 0.05) is 18.1 Å². The molecule has 0 amide bonds. The molecule has 0 saturated heterocycles. The monoisotopic (exact) mass is 182 g/mol. The zero-order chi connectivity index (χ0) is 9.47. The molecule has 0 unspecified atom stereocenters. The van der Waals surface area contributed by atoms with Crippen molar-refractivity contribution in [1.82, 2.24) is 4.90 Å². The van der Waals surface area contributed by atoms with E-state index < -0.39 is 0 Å². The van der Waals surface area contributed by atoms with Gasteiger partial charge in [-0.3, -0.25) is 4.90 Å². The molecule has 0 aromatic rings. The van der Waals surface area contributed by atoms with Gasteiger partial charge in [-0.2, -0.15) is 0 Å². The lowest BCUT2D eigenvalue weighted by molar-refractivity contribution is -0.0425. The van der Waals surface area contributed by atoms with E-state index in [4.69, 9.17) is 5.73 Å². The van der Waals surface area contributed by atoms with E-state index in [9.17, 15) is 0 Å². The Bertz CT molecular complexity index is 181. The van der Waals surface area contributed by atoms with Gasteiger partial charge in [0.1, 0.15) is 0 Å².